The molecule has 0 radical (unpaired) electrons. The molecule has 0 heterocycles. The molecule has 1 aromatic rings. The molecule has 1 rings (SSSR count). The van der Waals surface area contributed by atoms with Crippen LogP contribution >= 0.6 is 0 Å². The molecule has 0 amide bonds. The molecule has 1 aromatic carbocycles. The summed E-state index contributed by atoms with van der Waals surface area (Å²) in [5.74, 6) is 0.155. The van der Waals surface area contributed by atoms with Crippen molar-refractivity contribution in [1.82, 2.24) is 0 Å². The SMILES string of the molecule is CC(=O)CNc1cc(C)c(C)cc1C. The van der Waals surface area contributed by atoms with Gasteiger partial charge in [-0.05, 0) is 50.5 Å². The number of anilines is 1. The topological polar surface area (TPSA) is 29.1 Å². The minimum Gasteiger partial charge on any atom is -0.378 e. The molecule has 14 heavy (non-hydrogen) atoms. The zero-order valence-electron chi connectivity index (χ0n) is 9.27. The number of ketones is 1. The largest absolute Gasteiger partial charge is 0.378 e. The van der Waals surface area contributed by atoms with Gasteiger partial charge in [0.25, 0.3) is 0 Å². The third-order valence-electron chi connectivity index (χ3n) is 2.37. The highest BCUT2D eigenvalue weighted by atomic mass is 16.1. The number of hydrogen-bond acceptors (Lipinski definition) is 2. The standard InChI is InChI=1S/C12H17NO/c1-8-5-10(3)12(6-9(8)2)13-7-11(4)14/h5-6,13H,7H2,1-4H3. The molecule has 0 aromatic heterocycles. The van der Waals surface area contributed by atoms with Crippen molar-refractivity contribution in [2.45, 2.75) is 27.7 Å². The van der Waals surface area contributed by atoms with Crippen LogP contribution in [-0.2, 0) is 4.79 Å². The van der Waals surface area contributed by atoms with Gasteiger partial charge in [0.05, 0.1) is 6.54 Å². The van der Waals surface area contributed by atoms with E-state index in [9.17, 15) is 4.79 Å². The van der Waals surface area contributed by atoms with Crippen molar-refractivity contribution in [1.29, 1.82) is 0 Å². The first-order valence-electron chi connectivity index (χ1n) is 4.82. The average molecular weight is 191 g/mol. The fraction of sp³-hybridized carbons (Fsp3) is 0.417. The lowest BCUT2D eigenvalue weighted by Crippen LogP contribution is -2.10. The number of carbonyl (C=O) groups is 1. The van der Waals surface area contributed by atoms with Crippen LogP contribution in [0.3, 0.4) is 0 Å². The summed E-state index contributed by atoms with van der Waals surface area (Å²) in [7, 11) is 0. The van der Waals surface area contributed by atoms with E-state index < -0.39 is 0 Å². The van der Waals surface area contributed by atoms with E-state index in [1.165, 1.54) is 16.7 Å². The van der Waals surface area contributed by atoms with E-state index in [-0.39, 0.29) is 5.78 Å². The molecule has 76 valence electrons. The van der Waals surface area contributed by atoms with Crippen molar-refractivity contribution < 1.29 is 4.79 Å². The Bertz CT molecular complexity index is 356. The second kappa shape index (κ2) is 4.27. The van der Waals surface area contributed by atoms with Crippen LogP contribution < -0.4 is 5.32 Å². The lowest BCUT2D eigenvalue weighted by molar-refractivity contribution is -0.115. The fourth-order valence-corrected chi connectivity index (χ4v) is 1.37. The number of hydrogen-bond donors (Lipinski definition) is 1. The Morgan fingerprint density at radius 2 is 1.71 bits per heavy atom. The molecule has 0 saturated heterocycles. The molecular weight excluding hydrogens is 174 g/mol. The summed E-state index contributed by atoms with van der Waals surface area (Å²) in [5, 5.41) is 3.13. The molecule has 0 aliphatic rings. The fourth-order valence-electron chi connectivity index (χ4n) is 1.37. The molecule has 0 aliphatic heterocycles. The summed E-state index contributed by atoms with van der Waals surface area (Å²) >= 11 is 0. The highest BCUT2D eigenvalue weighted by Crippen LogP contribution is 2.19. The Morgan fingerprint density at radius 3 is 2.29 bits per heavy atom. The van der Waals surface area contributed by atoms with Gasteiger partial charge >= 0.3 is 0 Å². The Labute approximate surface area is 85.3 Å². The lowest BCUT2D eigenvalue weighted by atomic mass is 10.0. The van der Waals surface area contributed by atoms with Crippen LogP contribution in [0.4, 0.5) is 5.69 Å². The van der Waals surface area contributed by atoms with Crippen LogP contribution in [0.5, 0.6) is 0 Å². The molecule has 0 unspecified atom stereocenters. The highest BCUT2D eigenvalue weighted by molar-refractivity contribution is 5.80. The molecule has 0 saturated carbocycles. The quantitative estimate of drug-likeness (QED) is 0.795. The molecule has 0 atom stereocenters. The zero-order chi connectivity index (χ0) is 10.7. The molecule has 0 spiro atoms. The highest BCUT2D eigenvalue weighted by Gasteiger charge is 2.01. The number of benzene rings is 1. The molecule has 0 bridgehead atoms. The van der Waals surface area contributed by atoms with E-state index in [1.54, 1.807) is 6.92 Å². The Morgan fingerprint density at radius 1 is 1.14 bits per heavy atom. The second-order valence-corrected chi connectivity index (χ2v) is 3.81. The normalized spacial score (nSPS) is 10.0. The first kappa shape index (κ1) is 10.8. The third kappa shape index (κ3) is 2.59. The number of carbonyl (C=O) groups excluding carboxylic acids is 1. The predicted molar refractivity (Wildman–Crippen MR) is 59.8 cm³/mol. The van der Waals surface area contributed by atoms with Crippen molar-refractivity contribution >= 4 is 11.5 Å². The van der Waals surface area contributed by atoms with Crippen LogP contribution in [0.25, 0.3) is 0 Å². The van der Waals surface area contributed by atoms with Crippen molar-refractivity contribution in [3.05, 3.63) is 28.8 Å². The molecular formula is C12H17NO. The minimum atomic E-state index is 0.155. The van der Waals surface area contributed by atoms with Gasteiger partial charge in [-0.3, -0.25) is 4.79 Å². The maximum atomic E-state index is 10.8. The van der Waals surface area contributed by atoms with Gasteiger partial charge in [-0.1, -0.05) is 6.07 Å². The molecule has 0 aliphatic carbocycles. The van der Waals surface area contributed by atoms with Gasteiger partial charge in [0.2, 0.25) is 0 Å². The van der Waals surface area contributed by atoms with Crippen molar-refractivity contribution in [3.63, 3.8) is 0 Å². The van der Waals surface area contributed by atoms with E-state index in [0.29, 0.717) is 6.54 Å². The van der Waals surface area contributed by atoms with E-state index in [1.807, 2.05) is 0 Å². The van der Waals surface area contributed by atoms with Crippen LogP contribution in [0.15, 0.2) is 12.1 Å². The number of aryl methyl sites for hydroxylation is 3. The predicted octanol–water partition coefficient (Wildman–Crippen LogP) is 2.61. The molecule has 1 N–H and O–H groups in total. The summed E-state index contributed by atoms with van der Waals surface area (Å²) in [5.41, 5.74) is 4.79. The Kier molecular flexibility index (Phi) is 3.28. The average Bonchev–Trinajstić information content (AvgIpc) is 2.09. The van der Waals surface area contributed by atoms with Crippen molar-refractivity contribution in [2.24, 2.45) is 0 Å². The third-order valence-corrected chi connectivity index (χ3v) is 2.37. The first-order chi connectivity index (χ1) is 6.50. The van der Waals surface area contributed by atoms with Gasteiger partial charge in [-0.25, -0.2) is 0 Å². The molecule has 0 fully saturated rings. The number of rotatable bonds is 3. The van der Waals surface area contributed by atoms with Gasteiger partial charge in [-0.2, -0.15) is 0 Å². The summed E-state index contributed by atoms with van der Waals surface area (Å²) < 4.78 is 0. The maximum Gasteiger partial charge on any atom is 0.148 e. The van der Waals surface area contributed by atoms with Gasteiger partial charge in [0, 0.05) is 5.69 Å². The van der Waals surface area contributed by atoms with Crippen LogP contribution in [0, 0.1) is 20.8 Å². The second-order valence-electron chi connectivity index (χ2n) is 3.81. The Balaban J connectivity index is 2.87. The van der Waals surface area contributed by atoms with Gasteiger partial charge < -0.3 is 5.32 Å². The van der Waals surface area contributed by atoms with E-state index in [2.05, 4.69) is 38.2 Å². The summed E-state index contributed by atoms with van der Waals surface area (Å²) in [6.45, 7) is 8.21. The monoisotopic (exact) mass is 191 g/mol. The van der Waals surface area contributed by atoms with Crippen molar-refractivity contribution in [3.8, 4) is 0 Å². The van der Waals surface area contributed by atoms with Gasteiger partial charge in [-0.15, -0.1) is 0 Å². The van der Waals surface area contributed by atoms with E-state index >= 15 is 0 Å². The Hall–Kier alpha value is -1.31. The van der Waals surface area contributed by atoms with Crippen LogP contribution in [-0.4, -0.2) is 12.3 Å². The minimum absolute atomic E-state index is 0.155. The zero-order valence-corrected chi connectivity index (χ0v) is 9.27. The smallest absolute Gasteiger partial charge is 0.148 e. The summed E-state index contributed by atoms with van der Waals surface area (Å²) in [6.07, 6.45) is 0. The number of nitrogens with one attached hydrogen (secondary N) is 1. The van der Waals surface area contributed by atoms with E-state index in [4.69, 9.17) is 0 Å². The lowest BCUT2D eigenvalue weighted by Gasteiger charge is -2.10. The van der Waals surface area contributed by atoms with Crippen LogP contribution in [0.2, 0.25) is 0 Å². The van der Waals surface area contributed by atoms with Crippen LogP contribution in [0.1, 0.15) is 23.6 Å². The van der Waals surface area contributed by atoms with Crippen molar-refractivity contribution in [2.75, 3.05) is 11.9 Å². The number of Topliss-reactive ketones (excluding diaryl/α,β-unsaturated/α-hetero) is 1. The maximum absolute atomic E-state index is 10.8. The summed E-state index contributed by atoms with van der Waals surface area (Å²) in [6, 6.07) is 4.23. The first-order valence-corrected chi connectivity index (χ1v) is 4.82. The molecule has 2 nitrogen and oxygen atoms in total. The van der Waals surface area contributed by atoms with Gasteiger partial charge in [0.1, 0.15) is 5.78 Å². The van der Waals surface area contributed by atoms with Gasteiger partial charge in [0.15, 0.2) is 0 Å². The summed E-state index contributed by atoms with van der Waals surface area (Å²) in [4.78, 5) is 10.8. The van der Waals surface area contributed by atoms with E-state index in [0.717, 1.165) is 5.69 Å². The molecule has 2 heteroatoms.